The minimum atomic E-state index is -0.797. The van der Waals surface area contributed by atoms with Gasteiger partial charge in [-0.05, 0) is 19.3 Å². The zero-order valence-electron chi connectivity index (χ0n) is 11.9. The molecule has 1 aliphatic heterocycles. The molecule has 0 aromatic carbocycles. The number of carboxylic acids is 1. The second-order valence-electron chi connectivity index (χ2n) is 6.10. The van der Waals surface area contributed by atoms with Crippen LogP contribution in [0.2, 0.25) is 0 Å². The molecule has 1 fully saturated rings. The van der Waals surface area contributed by atoms with Crippen LogP contribution in [0.3, 0.4) is 0 Å². The SMILES string of the molecule is CCC1(C(=O)O)CCCN1c1nc(C(C)(C)C)ns1. The maximum atomic E-state index is 11.7. The Bertz CT molecular complexity index is 480. The summed E-state index contributed by atoms with van der Waals surface area (Å²) in [5.41, 5.74) is -0.902. The quantitative estimate of drug-likeness (QED) is 0.923. The van der Waals surface area contributed by atoms with Crippen molar-refractivity contribution in [3.8, 4) is 0 Å². The normalized spacial score (nSPS) is 23.9. The van der Waals surface area contributed by atoms with Crippen LogP contribution in [0.5, 0.6) is 0 Å². The largest absolute Gasteiger partial charge is 0.479 e. The standard InChI is InChI=1S/C13H21N3O2S/c1-5-13(10(17)18)7-6-8-16(13)11-14-9(15-19-11)12(2,3)4/h5-8H2,1-4H3,(H,17,18). The van der Waals surface area contributed by atoms with Crippen LogP contribution < -0.4 is 4.90 Å². The lowest BCUT2D eigenvalue weighted by molar-refractivity contribution is -0.143. The van der Waals surface area contributed by atoms with Crippen LogP contribution in [-0.4, -0.2) is 32.5 Å². The van der Waals surface area contributed by atoms with Crippen LogP contribution in [0.4, 0.5) is 5.13 Å². The summed E-state index contributed by atoms with van der Waals surface area (Å²) in [5.74, 6) is 0.0369. The molecule has 5 nitrogen and oxygen atoms in total. The molecule has 106 valence electrons. The Morgan fingerprint density at radius 3 is 2.68 bits per heavy atom. The summed E-state index contributed by atoms with van der Waals surface area (Å²) < 4.78 is 4.39. The first-order valence-electron chi connectivity index (χ1n) is 6.66. The van der Waals surface area contributed by atoms with E-state index in [1.165, 1.54) is 11.5 Å². The molecule has 1 atom stereocenters. The Kier molecular flexibility index (Phi) is 3.55. The summed E-state index contributed by atoms with van der Waals surface area (Å²) in [4.78, 5) is 18.1. The van der Waals surface area contributed by atoms with Gasteiger partial charge in [0.05, 0.1) is 0 Å². The number of nitrogens with zero attached hydrogens (tertiary/aromatic N) is 3. The molecule has 0 saturated carbocycles. The van der Waals surface area contributed by atoms with Crippen molar-refractivity contribution >= 4 is 22.6 Å². The smallest absolute Gasteiger partial charge is 0.329 e. The Morgan fingerprint density at radius 1 is 1.53 bits per heavy atom. The molecule has 1 saturated heterocycles. The maximum absolute atomic E-state index is 11.7. The van der Waals surface area contributed by atoms with Crippen molar-refractivity contribution in [2.24, 2.45) is 0 Å². The third kappa shape index (κ3) is 2.33. The van der Waals surface area contributed by atoms with Crippen molar-refractivity contribution in [3.63, 3.8) is 0 Å². The first kappa shape index (κ1) is 14.2. The fourth-order valence-corrected chi connectivity index (χ4v) is 3.50. The highest BCUT2D eigenvalue weighted by molar-refractivity contribution is 7.09. The van der Waals surface area contributed by atoms with Gasteiger partial charge in [0.25, 0.3) is 0 Å². The predicted octanol–water partition coefficient (Wildman–Crippen LogP) is 2.67. The van der Waals surface area contributed by atoms with Gasteiger partial charge in [0.15, 0.2) is 0 Å². The average molecular weight is 283 g/mol. The lowest BCUT2D eigenvalue weighted by Crippen LogP contribution is -2.50. The van der Waals surface area contributed by atoms with E-state index < -0.39 is 11.5 Å². The number of hydrogen-bond donors (Lipinski definition) is 1. The second-order valence-corrected chi connectivity index (χ2v) is 6.83. The Labute approximate surface area is 117 Å². The van der Waals surface area contributed by atoms with Gasteiger partial charge in [0.1, 0.15) is 11.4 Å². The molecular formula is C13H21N3O2S. The predicted molar refractivity (Wildman–Crippen MR) is 75.8 cm³/mol. The summed E-state index contributed by atoms with van der Waals surface area (Å²) >= 11 is 1.31. The number of carboxylic acid groups (broad SMARTS) is 1. The van der Waals surface area contributed by atoms with Gasteiger partial charge in [0, 0.05) is 23.5 Å². The summed E-state index contributed by atoms with van der Waals surface area (Å²) in [5, 5.41) is 10.3. The second kappa shape index (κ2) is 4.74. The fraction of sp³-hybridized carbons (Fsp3) is 0.769. The number of anilines is 1. The highest BCUT2D eigenvalue weighted by Gasteiger charge is 2.47. The van der Waals surface area contributed by atoms with Crippen LogP contribution >= 0.6 is 11.5 Å². The lowest BCUT2D eigenvalue weighted by Gasteiger charge is -2.33. The van der Waals surface area contributed by atoms with Crippen LogP contribution in [0, 0.1) is 0 Å². The lowest BCUT2D eigenvalue weighted by atomic mass is 9.93. The molecule has 0 amide bonds. The van der Waals surface area contributed by atoms with E-state index >= 15 is 0 Å². The molecule has 0 aliphatic carbocycles. The van der Waals surface area contributed by atoms with Gasteiger partial charge in [0.2, 0.25) is 5.13 Å². The van der Waals surface area contributed by atoms with E-state index in [1.54, 1.807) is 0 Å². The zero-order chi connectivity index (χ0) is 14.3. The van der Waals surface area contributed by atoms with E-state index in [2.05, 4.69) is 30.1 Å². The highest BCUT2D eigenvalue weighted by Crippen LogP contribution is 2.38. The molecule has 0 bridgehead atoms. The van der Waals surface area contributed by atoms with Crippen LogP contribution in [0.1, 0.15) is 52.8 Å². The molecule has 1 aromatic heterocycles. The van der Waals surface area contributed by atoms with Gasteiger partial charge in [-0.2, -0.15) is 4.37 Å². The number of carbonyl (C=O) groups is 1. The van der Waals surface area contributed by atoms with Gasteiger partial charge >= 0.3 is 5.97 Å². The number of rotatable bonds is 3. The molecule has 1 aromatic rings. The van der Waals surface area contributed by atoms with Crippen molar-refractivity contribution in [1.82, 2.24) is 9.36 Å². The van der Waals surface area contributed by atoms with Crippen LogP contribution in [0.15, 0.2) is 0 Å². The molecule has 2 rings (SSSR count). The van der Waals surface area contributed by atoms with E-state index in [-0.39, 0.29) is 5.41 Å². The van der Waals surface area contributed by atoms with Gasteiger partial charge in [-0.3, -0.25) is 0 Å². The molecule has 1 unspecified atom stereocenters. The molecule has 0 spiro atoms. The molecule has 6 heteroatoms. The highest BCUT2D eigenvalue weighted by atomic mass is 32.1. The van der Waals surface area contributed by atoms with Gasteiger partial charge in [-0.1, -0.05) is 27.7 Å². The maximum Gasteiger partial charge on any atom is 0.329 e. The molecular weight excluding hydrogens is 262 g/mol. The molecule has 1 aliphatic rings. The summed E-state index contributed by atoms with van der Waals surface area (Å²) in [7, 11) is 0. The van der Waals surface area contributed by atoms with E-state index in [0.717, 1.165) is 23.9 Å². The number of aliphatic carboxylic acids is 1. The minimum Gasteiger partial charge on any atom is -0.479 e. The van der Waals surface area contributed by atoms with Crippen LogP contribution in [0.25, 0.3) is 0 Å². The van der Waals surface area contributed by atoms with Crippen molar-refractivity contribution in [2.75, 3.05) is 11.4 Å². The molecule has 19 heavy (non-hydrogen) atoms. The Morgan fingerprint density at radius 2 is 2.21 bits per heavy atom. The first-order chi connectivity index (χ1) is 8.81. The monoisotopic (exact) mass is 283 g/mol. The Balaban J connectivity index is 2.35. The first-order valence-corrected chi connectivity index (χ1v) is 7.44. The van der Waals surface area contributed by atoms with E-state index in [0.29, 0.717) is 12.8 Å². The molecule has 1 N–H and O–H groups in total. The number of hydrogen-bond acceptors (Lipinski definition) is 5. The average Bonchev–Trinajstić information content (AvgIpc) is 2.94. The Hall–Kier alpha value is -1.17. The van der Waals surface area contributed by atoms with E-state index in [1.807, 2.05) is 11.8 Å². The fourth-order valence-electron chi connectivity index (χ4n) is 2.53. The molecule has 2 heterocycles. The van der Waals surface area contributed by atoms with Crippen LogP contribution in [-0.2, 0) is 10.2 Å². The topological polar surface area (TPSA) is 66.3 Å². The van der Waals surface area contributed by atoms with Crippen molar-refractivity contribution < 1.29 is 9.90 Å². The van der Waals surface area contributed by atoms with Crippen molar-refractivity contribution in [2.45, 2.75) is 57.9 Å². The zero-order valence-corrected chi connectivity index (χ0v) is 12.8. The summed E-state index contributed by atoms with van der Waals surface area (Å²) in [6.07, 6.45) is 2.17. The summed E-state index contributed by atoms with van der Waals surface area (Å²) in [6, 6.07) is 0. The number of aromatic nitrogens is 2. The van der Waals surface area contributed by atoms with Gasteiger partial charge in [-0.25, -0.2) is 9.78 Å². The summed E-state index contributed by atoms with van der Waals surface area (Å²) in [6.45, 7) is 8.87. The third-order valence-corrected chi connectivity index (χ3v) is 4.53. The minimum absolute atomic E-state index is 0.105. The third-order valence-electron chi connectivity index (χ3n) is 3.79. The van der Waals surface area contributed by atoms with E-state index in [4.69, 9.17) is 0 Å². The van der Waals surface area contributed by atoms with Crippen molar-refractivity contribution in [3.05, 3.63) is 5.82 Å². The van der Waals surface area contributed by atoms with E-state index in [9.17, 15) is 9.90 Å². The van der Waals surface area contributed by atoms with Crippen molar-refractivity contribution in [1.29, 1.82) is 0 Å². The van der Waals surface area contributed by atoms with Gasteiger partial charge < -0.3 is 10.0 Å². The molecule has 0 radical (unpaired) electrons. The van der Waals surface area contributed by atoms with Gasteiger partial charge in [-0.15, -0.1) is 0 Å².